The highest BCUT2D eigenvalue weighted by molar-refractivity contribution is 7.80. The van der Waals surface area contributed by atoms with Crippen LogP contribution < -0.4 is 16.2 Å². The van der Waals surface area contributed by atoms with Gasteiger partial charge >= 0.3 is 0 Å². The van der Waals surface area contributed by atoms with E-state index in [1.165, 1.54) is 0 Å². The van der Waals surface area contributed by atoms with Gasteiger partial charge in [-0.2, -0.15) is 0 Å². The van der Waals surface area contributed by atoms with Crippen molar-refractivity contribution in [2.24, 2.45) is 11.3 Å². The quantitative estimate of drug-likeness (QED) is 0.524. The van der Waals surface area contributed by atoms with E-state index in [9.17, 15) is 9.59 Å². The van der Waals surface area contributed by atoms with E-state index >= 15 is 0 Å². The molecule has 0 atom stereocenters. The molecule has 22 heavy (non-hydrogen) atoms. The number of carbonyl (C=O) groups excluding carboxylic acids is 2. The predicted molar refractivity (Wildman–Crippen MR) is 90.9 cm³/mol. The maximum absolute atomic E-state index is 12.2. The summed E-state index contributed by atoms with van der Waals surface area (Å²) < 4.78 is 0. The molecule has 1 rings (SSSR count). The Kier molecular flexibility index (Phi) is 6.59. The second-order valence-electron chi connectivity index (χ2n) is 7.06. The number of hydrogen-bond donors (Lipinski definition) is 3. The lowest BCUT2D eigenvalue weighted by atomic mass is 9.91. The molecule has 0 unspecified atom stereocenters. The molecular formula is C15H28N4O2S. The Morgan fingerprint density at radius 3 is 2.14 bits per heavy atom. The topological polar surface area (TPSA) is 73.5 Å². The van der Waals surface area contributed by atoms with Crippen molar-refractivity contribution < 1.29 is 9.59 Å². The van der Waals surface area contributed by atoms with Crippen molar-refractivity contribution in [1.29, 1.82) is 0 Å². The first kappa shape index (κ1) is 18.7. The van der Waals surface area contributed by atoms with Gasteiger partial charge in [-0.25, -0.2) is 0 Å². The van der Waals surface area contributed by atoms with Crippen molar-refractivity contribution in [2.75, 3.05) is 13.1 Å². The molecule has 126 valence electrons. The van der Waals surface area contributed by atoms with Crippen molar-refractivity contribution in [3.8, 4) is 0 Å². The van der Waals surface area contributed by atoms with Crippen molar-refractivity contribution in [3.05, 3.63) is 0 Å². The molecule has 0 aromatic rings. The fraction of sp³-hybridized carbons (Fsp3) is 0.800. The third-order valence-electron chi connectivity index (χ3n) is 3.51. The first-order valence-corrected chi connectivity index (χ1v) is 8.18. The van der Waals surface area contributed by atoms with Crippen LogP contribution in [0.25, 0.3) is 0 Å². The van der Waals surface area contributed by atoms with E-state index < -0.39 is 0 Å². The summed E-state index contributed by atoms with van der Waals surface area (Å²) in [6, 6.07) is 0.212. The Labute approximate surface area is 138 Å². The summed E-state index contributed by atoms with van der Waals surface area (Å²) in [5.74, 6) is -0.0130. The van der Waals surface area contributed by atoms with Crippen LogP contribution in [0.5, 0.6) is 0 Å². The van der Waals surface area contributed by atoms with E-state index in [1.807, 2.05) is 39.5 Å². The Morgan fingerprint density at radius 2 is 1.68 bits per heavy atom. The molecule has 1 fully saturated rings. The van der Waals surface area contributed by atoms with Gasteiger partial charge in [0, 0.05) is 30.5 Å². The molecule has 0 saturated carbocycles. The number of thiocarbonyl (C=S) groups is 1. The number of hydrazine groups is 1. The van der Waals surface area contributed by atoms with E-state index in [1.54, 1.807) is 0 Å². The van der Waals surface area contributed by atoms with Crippen LogP contribution in [0, 0.1) is 11.3 Å². The predicted octanol–water partition coefficient (Wildman–Crippen LogP) is 1.17. The summed E-state index contributed by atoms with van der Waals surface area (Å²) in [5, 5.41) is 3.40. The molecule has 0 aromatic carbocycles. The van der Waals surface area contributed by atoms with Gasteiger partial charge in [-0.15, -0.1) is 0 Å². The first-order chi connectivity index (χ1) is 10.1. The SMILES string of the molecule is CC(C)NC(=S)NNC(=O)C1CCN(C(=O)C(C)(C)C)CC1. The zero-order chi connectivity index (χ0) is 16.9. The Bertz CT molecular complexity index is 424. The second kappa shape index (κ2) is 7.76. The van der Waals surface area contributed by atoms with Crippen LogP contribution in [-0.2, 0) is 9.59 Å². The highest BCUT2D eigenvalue weighted by Gasteiger charge is 2.32. The summed E-state index contributed by atoms with van der Waals surface area (Å²) in [6.07, 6.45) is 1.36. The monoisotopic (exact) mass is 328 g/mol. The average molecular weight is 328 g/mol. The third-order valence-corrected chi connectivity index (χ3v) is 3.73. The van der Waals surface area contributed by atoms with E-state index in [0.29, 0.717) is 31.0 Å². The number of likely N-dealkylation sites (tertiary alicyclic amines) is 1. The molecule has 0 radical (unpaired) electrons. The second-order valence-corrected chi connectivity index (χ2v) is 7.47. The Balaban J connectivity index is 2.37. The summed E-state index contributed by atoms with van der Waals surface area (Å²) in [5.41, 5.74) is 4.98. The van der Waals surface area contributed by atoms with Crippen LogP contribution in [-0.4, -0.2) is 41.0 Å². The highest BCUT2D eigenvalue weighted by Crippen LogP contribution is 2.23. The molecule has 1 heterocycles. The van der Waals surface area contributed by atoms with E-state index in [0.717, 1.165) is 0 Å². The summed E-state index contributed by atoms with van der Waals surface area (Å²) in [4.78, 5) is 26.1. The minimum absolute atomic E-state index is 0.0734. The van der Waals surface area contributed by atoms with Crippen LogP contribution in [0.2, 0.25) is 0 Å². The van der Waals surface area contributed by atoms with Crippen molar-refractivity contribution in [3.63, 3.8) is 0 Å². The van der Waals surface area contributed by atoms with Gasteiger partial charge in [0.25, 0.3) is 0 Å². The van der Waals surface area contributed by atoms with Gasteiger partial charge in [0.05, 0.1) is 0 Å². The zero-order valence-corrected chi connectivity index (χ0v) is 15.0. The van der Waals surface area contributed by atoms with Gasteiger partial charge in [0.2, 0.25) is 11.8 Å². The summed E-state index contributed by atoms with van der Waals surface area (Å²) >= 11 is 5.05. The van der Waals surface area contributed by atoms with Gasteiger partial charge in [-0.05, 0) is 38.9 Å². The van der Waals surface area contributed by atoms with Crippen LogP contribution in [0.4, 0.5) is 0 Å². The lowest BCUT2D eigenvalue weighted by molar-refractivity contribution is -0.142. The fourth-order valence-electron chi connectivity index (χ4n) is 2.34. The fourth-order valence-corrected chi connectivity index (χ4v) is 2.62. The standard InChI is InChI=1S/C15H28N4O2S/c1-10(2)16-14(22)18-17-12(20)11-6-8-19(9-7-11)13(21)15(3,4)5/h10-11H,6-9H2,1-5H3,(H,17,20)(H2,16,18,22). The highest BCUT2D eigenvalue weighted by atomic mass is 32.1. The minimum atomic E-state index is -0.370. The molecule has 3 N–H and O–H groups in total. The van der Waals surface area contributed by atoms with Gasteiger partial charge < -0.3 is 10.2 Å². The van der Waals surface area contributed by atoms with Gasteiger partial charge in [0.1, 0.15) is 0 Å². The molecule has 2 amide bonds. The zero-order valence-electron chi connectivity index (χ0n) is 14.2. The average Bonchev–Trinajstić information content (AvgIpc) is 2.42. The number of nitrogens with one attached hydrogen (secondary N) is 3. The van der Waals surface area contributed by atoms with E-state index in [4.69, 9.17) is 12.2 Å². The third kappa shape index (κ3) is 5.79. The molecule has 0 spiro atoms. The smallest absolute Gasteiger partial charge is 0.241 e. The molecule has 7 heteroatoms. The maximum atomic E-state index is 12.2. The minimum Gasteiger partial charge on any atom is -0.359 e. The van der Waals surface area contributed by atoms with Gasteiger partial charge in [0.15, 0.2) is 5.11 Å². The largest absolute Gasteiger partial charge is 0.359 e. The number of carbonyl (C=O) groups is 2. The molecule has 0 aliphatic carbocycles. The lowest BCUT2D eigenvalue weighted by Gasteiger charge is -2.35. The molecule has 1 aliphatic heterocycles. The molecule has 0 bridgehead atoms. The van der Waals surface area contributed by atoms with E-state index in [-0.39, 0.29) is 29.2 Å². The number of nitrogens with zero attached hydrogens (tertiary/aromatic N) is 1. The molecule has 1 aliphatic rings. The van der Waals surface area contributed by atoms with Gasteiger partial charge in [-0.3, -0.25) is 20.4 Å². The number of hydrogen-bond acceptors (Lipinski definition) is 3. The normalized spacial score (nSPS) is 16.4. The Hall–Kier alpha value is -1.37. The summed E-state index contributed by atoms with van der Waals surface area (Å²) in [7, 11) is 0. The molecule has 1 saturated heterocycles. The molecule has 6 nitrogen and oxygen atoms in total. The van der Waals surface area contributed by atoms with Crippen LogP contribution in [0.3, 0.4) is 0 Å². The van der Waals surface area contributed by atoms with Crippen LogP contribution >= 0.6 is 12.2 Å². The number of piperidine rings is 1. The van der Waals surface area contributed by atoms with Gasteiger partial charge in [-0.1, -0.05) is 20.8 Å². The van der Waals surface area contributed by atoms with Crippen LogP contribution in [0.15, 0.2) is 0 Å². The van der Waals surface area contributed by atoms with E-state index in [2.05, 4.69) is 16.2 Å². The van der Waals surface area contributed by atoms with Crippen LogP contribution in [0.1, 0.15) is 47.5 Å². The van der Waals surface area contributed by atoms with Crippen molar-refractivity contribution in [2.45, 2.75) is 53.5 Å². The number of amides is 2. The van der Waals surface area contributed by atoms with Crippen molar-refractivity contribution >= 4 is 29.1 Å². The first-order valence-electron chi connectivity index (χ1n) is 7.77. The summed E-state index contributed by atoms with van der Waals surface area (Å²) in [6.45, 7) is 10.9. The Morgan fingerprint density at radius 1 is 1.14 bits per heavy atom. The molecular weight excluding hydrogens is 300 g/mol. The molecule has 0 aromatic heterocycles. The maximum Gasteiger partial charge on any atom is 0.241 e. The lowest BCUT2D eigenvalue weighted by Crippen LogP contribution is -2.52. The number of rotatable bonds is 2. The van der Waals surface area contributed by atoms with Crippen molar-refractivity contribution in [1.82, 2.24) is 21.1 Å².